The number of hydrogen-bond acceptors (Lipinski definition) is 4. The molecule has 0 amide bonds. The number of rotatable bonds is 7. The van der Waals surface area contributed by atoms with E-state index in [1.807, 2.05) is 6.92 Å². The van der Waals surface area contributed by atoms with Crippen LogP contribution in [0.25, 0.3) is 0 Å². The topological polar surface area (TPSA) is 41.6 Å². The number of likely N-dealkylation sites (tertiary alicyclic amines) is 1. The van der Waals surface area contributed by atoms with Crippen LogP contribution in [0.3, 0.4) is 0 Å². The van der Waals surface area contributed by atoms with Crippen molar-refractivity contribution >= 4 is 5.97 Å². The number of esters is 1. The zero-order valence-electron chi connectivity index (χ0n) is 13.1. The van der Waals surface area contributed by atoms with Gasteiger partial charge in [-0.15, -0.1) is 0 Å². The minimum atomic E-state index is -0.113. The average molecular weight is 282 g/mol. The summed E-state index contributed by atoms with van der Waals surface area (Å²) in [5.41, 5.74) is 0. The number of carbonyl (C=O) groups is 1. The second-order valence-corrected chi connectivity index (χ2v) is 6.27. The Hall–Kier alpha value is -0.610. The molecular formula is C16H30N2O2. The van der Waals surface area contributed by atoms with Crippen LogP contribution in [-0.2, 0) is 9.53 Å². The smallest absolute Gasteiger partial charge is 0.323 e. The van der Waals surface area contributed by atoms with E-state index in [0.29, 0.717) is 18.7 Å². The number of ether oxygens (including phenoxy) is 1. The molecule has 0 bridgehead atoms. The molecule has 0 aromatic rings. The third kappa shape index (κ3) is 5.06. The van der Waals surface area contributed by atoms with Crippen LogP contribution in [0.1, 0.15) is 58.8 Å². The molecule has 20 heavy (non-hydrogen) atoms. The average Bonchev–Trinajstić information content (AvgIpc) is 3.24. The summed E-state index contributed by atoms with van der Waals surface area (Å²) in [6, 6.07) is 1.09. The van der Waals surface area contributed by atoms with Crippen LogP contribution < -0.4 is 5.32 Å². The summed E-state index contributed by atoms with van der Waals surface area (Å²) in [6.07, 6.45) is 8.57. The number of nitrogens with one attached hydrogen (secondary N) is 1. The maximum atomic E-state index is 12.0. The maximum Gasteiger partial charge on any atom is 0.323 e. The van der Waals surface area contributed by atoms with E-state index in [4.69, 9.17) is 4.74 Å². The molecular weight excluding hydrogens is 252 g/mol. The van der Waals surface area contributed by atoms with Crippen molar-refractivity contribution in [2.45, 2.75) is 76.9 Å². The summed E-state index contributed by atoms with van der Waals surface area (Å²) in [4.78, 5) is 14.6. The van der Waals surface area contributed by atoms with Gasteiger partial charge in [0.1, 0.15) is 6.04 Å². The van der Waals surface area contributed by atoms with Gasteiger partial charge in [-0.1, -0.05) is 12.8 Å². The molecule has 1 N–H and O–H groups in total. The van der Waals surface area contributed by atoms with Gasteiger partial charge in [0.15, 0.2) is 0 Å². The highest BCUT2D eigenvalue weighted by atomic mass is 16.5. The molecule has 0 radical (unpaired) electrons. The van der Waals surface area contributed by atoms with Crippen LogP contribution >= 0.6 is 0 Å². The van der Waals surface area contributed by atoms with Crippen molar-refractivity contribution in [3.8, 4) is 0 Å². The van der Waals surface area contributed by atoms with Gasteiger partial charge in [0.2, 0.25) is 0 Å². The number of carbonyl (C=O) groups excluding carboxylic acids is 1. The van der Waals surface area contributed by atoms with Gasteiger partial charge in [-0.3, -0.25) is 4.79 Å². The van der Waals surface area contributed by atoms with Crippen molar-refractivity contribution in [1.82, 2.24) is 10.2 Å². The summed E-state index contributed by atoms with van der Waals surface area (Å²) < 4.78 is 5.20. The Balaban J connectivity index is 1.81. The van der Waals surface area contributed by atoms with Gasteiger partial charge >= 0.3 is 5.97 Å². The van der Waals surface area contributed by atoms with Crippen LogP contribution in [0.4, 0.5) is 0 Å². The SMILES string of the molecule is CCOC(=O)C(CCN1CCCCCC1C)NC1CC1. The van der Waals surface area contributed by atoms with Gasteiger partial charge in [0.05, 0.1) is 6.61 Å². The molecule has 1 saturated heterocycles. The Morgan fingerprint density at radius 3 is 2.80 bits per heavy atom. The Morgan fingerprint density at radius 1 is 1.30 bits per heavy atom. The highest BCUT2D eigenvalue weighted by Crippen LogP contribution is 2.21. The third-order valence-electron chi connectivity index (χ3n) is 4.48. The highest BCUT2D eigenvalue weighted by molar-refractivity contribution is 5.75. The molecule has 2 unspecified atom stereocenters. The molecule has 4 nitrogen and oxygen atoms in total. The van der Waals surface area contributed by atoms with Gasteiger partial charge in [0.25, 0.3) is 0 Å². The van der Waals surface area contributed by atoms with Crippen LogP contribution in [0.5, 0.6) is 0 Å². The molecule has 116 valence electrons. The van der Waals surface area contributed by atoms with Gasteiger partial charge in [-0.25, -0.2) is 0 Å². The summed E-state index contributed by atoms with van der Waals surface area (Å²) in [5, 5.41) is 3.44. The Labute approximate surface area is 123 Å². The molecule has 0 spiro atoms. The summed E-state index contributed by atoms with van der Waals surface area (Å²) >= 11 is 0. The van der Waals surface area contributed by atoms with Crippen LogP contribution in [0.15, 0.2) is 0 Å². The first-order valence-electron chi connectivity index (χ1n) is 8.37. The molecule has 2 fully saturated rings. The van der Waals surface area contributed by atoms with E-state index >= 15 is 0 Å². The fourth-order valence-corrected chi connectivity index (χ4v) is 3.01. The van der Waals surface area contributed by atoms with E-state index in [1.54, 1.807) is 0 Å². The maximum absolute atomic E-state index is 12.0. The predicted octanol–water partition coefficient (Wildman–Crippen LogP) is 2.32. The van der Waals surface area contributed by atoms with E-state index in [-0.39, 0.29) is 12.0 Å². The molecule has 0 aromatic carbocycles. The number of hydrogen-bond donors (Lipinski definition) is 1. The minimum absolute atomic E-state index is 0.0677. The van der Waals surface area contributed by atoms with Gasteiger partial charge in [-0.2, -0.15) is 0 Å². The lowest BCUT2D eigenvalue weighted by Gasteiger charge is -2.28. The van der Waals surface area contributed by atoms with Crippen molar-refractivity contribution in [3.05, 3.63) is 0 Å². The first-order chi connectivity index (χ1) is 9.70. The normalized spacial score (nSPS) is 26.0. The second-order valence-electron chi connectivity index (χ2n) is 6.27. The molecule has 2 atom stereocenters. The minimum Gasteiger partial charge on any atom is -0.465 e. The molecule has 1 aliphatic carbocycles. The van der Waals surface area contributed by atoms with Crippen LogP contribution in [-0.4, -0.2) is 48.7 Å². The quantitative estimate of drug-likeness (QED) is 0.728. The van der Waals surface area contributed by atoms with Gasteiger partial charge in [0, 0.05) is 18.6 Å². The van der Waals surface area contributed by atoms with Crippen molar-refractivity contribution in [2.24, 2.45) is 0 Å². The van der Waals surface area contributed by atoms with Crippen molar-refractivity contribution in [1.29, 1.82) is 0 Å². The zero-order chi connectivity index (χ0) is 14.4. The standard InChI is InChI=1S/C16H30N2O2/c1-3-20-16(19)15(17-14-8-9-14)10-12-18-11-6-4-5-7-13(18)2/h13-15,17H,3-12H2,1-2H3. The first-order valence-corrected chi connectivity index (χ1v) is 8.37. The van der Waals surface area contributed by atoms with Crippen LogP contribution in [0, 0.1) is 0 Å². The summed E-state index contributed by atoms with van der Waals surface area (Å²) in [5.74, 6) is -0.0677. The fourth-order valence-electron chi connectivity index (χ4n) is 3.01. The summed E-state index contributed by atoms with van der Waals surface area (Å²) in [7, 11) is 0. The Kier molecular flexibility index (Phi) is 6.30. The van der Waals surface area contributed by atoms with E-state index < -0.39 is 0 Å². The summed E-state index contributed by atoms with van der Waals surface area (Å²) in [6.45, 7) is 6.86. The molecule has 1 heterocycles. The lowest BCUT2D eigenvalue weighted by Crippen LogP contribution is -2.43. The van der Waals surface area contributed by atoms with Gasteiger partial charge in [-0.05, 0) is 52.5 Å². The van der Waals surface area contributed by atoms with Crippen LogP contribution in [0.2, 0.25) is 0 Å². The fraction of sp³-hybridized carbons (Fsp3) is 0.938. The van der Waals surface area contributed by atoms with E-state index in [2.05, 4.69) is 17.1 Å². The number of nitrogens with zero attached hydrogens (tertiary/aromatic N) is 1. The Bertz CT molecular complexity index is 305. The van der Waals surface area contributed by atoms with Crippen molar-refractivity contribution < 1.29 is 9.53 Å². The van der Waals surface area contributed by atoms with Crippen molar-refractivity contribution in [2.75, 3.05) is 19.7 Å². The van der Waals surface area contributed by atoms with Crippen molar-refractivity contribution in [3.63, 3.8) is 0 Å². The molecule has 2 aliphatic rings. The lowest BCUT2D eigenvalue weighted by atomic mass is 10.1. The zero-order valence-corrected chi connectivity index (χ0v) is 13.1. The third-order valence-corrected chi connectivity index (χ3v) is 4.48. The predicted molar refractivity (Wildman–Crippen MR) is 80.7 cm³/mol. The monoisotopic (exact) mass is 282 g/mol. The highest BCUT2D eigenvalue weighted by Gasteiger charge is 2.29. The van der Waals surface area contributed by atoms with E-state index in [9.17, 15) is 4.79 Å². The molecule has 0 aromatic heterocycles. The molecule has 1 aliphatic heterocycles. The van der Waals surface area contributed by atoms with E-state index in [1.165, 1.54) is 45.1 Å². The molecule has 4 heteroatoms. The Morgan fingerprint density at radius 2 is 2.10 bits per heavy atom. The first kappa shape index (κ1) is 15.8. The largest absolute Gasteiger partial charge is 0.465 e. The lowest BCUT2D eigenvalue weighted by molar-refractivity contribution is -0.146. The molecule has 1 saturated carbocycles. The van der Waals surface area contributed by atoms with E-state index in [0.717, 1.165) is 13.0 Å². The molecule has 2 rings (SSSR count). The van der Waals surface area contributed by atoms with Gasteiger partial charge < -0.3 is 15.0 Å². The second kappa shape index (κ2) is 7.99.